The summed E-state index contributed by atoms with van der Waals surface area (Å²) in [5.74, 6) is 0. The fourth-order valence-corrected chi connectivity index (χ4v) is 5.51. The highest BCUT2D eigenvalue weighted by Crippen LogP contribution is 2.42. The van der Waals surface area contributed by atoms with Gasteiger partial charge < -0.3 is 19.5 Å². The Hall–Kier alpha value is -1.92. The van der Waals surface area contributed by atoms with Crippen molar-refractivity contribution in [2.24, 2.45) is 0 Å². The molecule has 5 nitrogen and oxygen atoms in total. The first-order valence-corrected chi connectivity index (χ1v) is 11.2. The van der Waals surface area contributed by atoms with Crippen LogP contribution in [0.5, 0.6) is 0 Å². The first kappa shape index (κ1) is 20.4. The van der Waals surface area contributed by atoms with Crippen LogP contribution < -0.4 is 5.32 Å². The molecule has 4 rings (SSSR count). The van der Waals surface area contributed by atoms with Crippen LogP contribution in [0.3, 0.4) is 0 Å². The first-order valence-electron chi connectivity index (χ1n) is 10.8. The Morgan fingerprint density at radius 2 is 2.00 bits per heavy atom. The van der Waals surface area contributed by atoms with Crippen molar-refractivity contribution in [2.45, 2.75) is 64.1 Å². The molecule has 6 heteroatoms. The number of nitrogens with one attached hydrogen (secondary N) is 1. The van der Waals surface area contributed by atoms with Crippen molar-refractivity contribution < 1.29 is 4.74 Å². The molecular formula is C23H32N4OS. The second-order valence-corrected chi connectivity index (χ2v) is 8.69. The van der Waals surface area contributed by atoms with Crippen molar-refractivity contribution in [1.29, 1.82) is 0 Å². The second kappa shape index (κ2) is 8.84. The van der Waals surface area contributed by atoms with Gasteiger partial charge in [0.15, 0.2) is 5.11 Å². The van der Waals surface area contributed by atoms with Crippen LogP contribution in [0.2, 0.25) is 0 Å². The van der Waals surface area contributed by atoms with Gasteiger partial charge in [0.1, 0.15) is 0 Å². The number of aryl methyl sites for hydroxylation is 1. The molecule has 0 radical (unpaired) electrons. The van der Waals surface area contributed by atoms with E-state index < -0.39 is 0 Å². The molecule has 1 saturated carbocycles. The van der Waals surface area contributed by atoms with Gasteiger partial charge in [0.25, 0.3) is 0 Å². The minimum Gasteiger partial charge on any atom is -0.383 e. The molecule has 0 spiro atoms. The Morgan fingerprint density at radius 1 is 1.21 bits per heavy atom. The predicted molar refractivity (Wildman–Crippen MR) is 120 cm³/mol. The van der Waals surface area contributed by atoms with E-state index in [-0.39, 0.29) is 12.1 Å². The van der Waals surface area contributed by atoms with Crippen LogP contribution in [-0.2, 0) is 4.74 Å². The van der Waals surface area contributed by atoms with E-state index in [1.165, 1.54) is 49.1 Å². The maximum absolute atomic E-state index is 5.74. The topological polar surface area (TPSA) is 42.3 Å². The molecule has 0 unspecified atom stereocenters. The maximum atomic E-state index is 5.74. The average molecular weight is 413 g/mol. The molecule has 1 saturated heterocycles. The molecule has 29 heavy (non-hydrogen) atoms. The molecule has 156 valence electrons. The normalized spacial score (nSPS) is 22.9. The minimum absolute atomic E-state index is 0.0425. The molecule has 2 aromatic rings. The van der Waals surface area contributed by atoms with Crippen molar-refractivity contribution in [2.75, 3.05) is 20.3 Å². The van der Waals surface area contributed by atoms with E-state index in [1.54, 1.807) is 7.11 Å². The third-order valence-corrected chi connectivity index (χ3v) is 6.87. The average Bonchev–Trinajstić information content (AvgIpc) is 3.23. The standard InChI is InChI=1S/C23H32N4OS/c1-16-15-19(17(2)27(16)18-9-5-4-6-10-18)22-21(20-11-7-8-12-24-20)25-23(29)26(22)13-14-28-3/h7-8,11-12,15,18,21-22H,4-6,9-10,13-14H2,1-3H3,(H,25,29)/t21-,22+/m1/s1. The lowest BCUT2D eigenvalue weighted by molar-refractivity contribution is 0.164. The number of aromatic nitrogens is 2. The summed E-state index contributed by atoms with van der Waals surface area (Å²) >= 11 is 5.74. The lowest BCUT2D eigenvalue weighted by Gasteiger charge is -2.29. The Balaban J connectivity index is 1.74. The Bertz CT molecular complexity index is 844. The lowest BCUT2D eigenvalue weighted by atomic mass is 9.94. The van der Waals surface area contributed by atoms with E-state index >= 15 is 0 Å². The molecule has 3 heterocycles. The number of thiocarbonyl (C=S) groups is 1. The van der Waals surface area contributed by atoms with E-state index in [0.717, 1.165) is 17.4 Å². The van der Waals surface area contributed by atoms with Crippen LogP contribution in [-0.4, -0.2) is 39.8 Å². The van der Waals surface area contributed by atoms with Crippen molar-refractivity contribution >= 4 is 17.3 Å². The van der Waals surface area contributed by atoms with Gasteiger partial charge >= 0.3 is 0 Å². The number of hydrogen-bond acceptors (Lipinski definition) is 3. The summed E-state index contributed by atoms with van der Waals surface area (Å²) in [7, 11) is 1.74. The van der Waals surface area contributed by atoms with E-state index in [9.17, 15) is 0 Å². The van der Waals surface area contributed by atoms with Gasteiger partial charge in [0.05, 0.1) is 24.4 Å². The summed E-state index contributed by atoms with van der Waals surface area (Å²) in [6, 6.07) is 9.26. The van der Waals surface area contributed by atoms with E-state index in [4.69, 9.17) is 17.0 Å². The third kappa shape index (κ3) is 3.92. The molecule has 2 aromatic heterocycles. The van der Waals surface area contributed by atoms with Crippen LogP contribution >= 0.6 is 12.2 Å². The molecule has 0 aromatic carbocycles. The highest BCUT2D eigenvalue weighted by atomic mass is 32.1. The molecule has 2 atom stereocenters. The van der Waals surface area contributed by atoms with Gasteiger partial charge in [-0.2, -0.15) is 0 Å². The number of hydrogen-bond donors (Lipinski definition) is 1. The summed E-state index contributed by atoms with van der Waals surface area (Å²) in [6.45, 7) is 5.95. The highest BCUT2D eigenvalue weighted by Gasteiger charge is 2.41. The number of pyridine rings is 1. The van der Waals surface area contributed by atoms with Gasteiger partial charge in [0, 0.05) is 37.3 Å². The largest absolute Gasteiger partial charge is 0.383 e. The molecule has 2 aliphatic rings. The molecule has 2 fully saturated rings. The number of methoxy groups -OCH3 is 1. The van der Waals surface area contributed by atoms with Crippen molar-refractivity contribution in [3.8, 4) is 0 Å². The second-order valence-electron chi connectivity index (χ2n) is 8.30. The van der Waals surface area contributed by atoms with Gasteiger partial charge in [-0.25, -0.2) is 0 Å². The van der Waals surface area contributed by atoms with Gasteiger partial charge in [-0.05, 0) is 62.7 Å². The monoisotopic (exact) mass is 412 g/mol. The third-order valence-electron chi connectivity index (χ3n) is 6.52. The zero-order valence-electron chi connectivity index (χ0n) is 17.7. The first-order chi connectivity index (χ1) is 14.1. The summed E-state index contributed by atoms with van der Waals surface area (Å²) in [5.41, 5.74) is 5.11. The van der Waals surface area contributed by atoms with E-state index in [2.05, 4.69) is 45.7 Å². The summed E-state index contributed by atoms with van der Waals surface area (Å²) in [5, 5.41) is 4.33. The summed E-state index contributed by atoms with van der Waals surface area (Å²) < 4.78 is 7.96. The molecule has 0 bridgehead atoms. The highest BCUT2D eigenvalue weighted by molar-refractivity contribution is 7.80. The van der Waals surface area contributed by atoms with Crippen LogP contribution in [0, 0.1) is 13.8 Å². The Kier molecular flexibility index (Phi) is 6.20. The van der Waals surface area contributed by atoms with Crippen molar-refractivity contribution in [3.05, 3.63) is 53.1 Å². The quantitative estimate of drug-likeness (QED) is 0.701. The molecule has 1 N–H and O–H groups in total. The van der Waals surface area contributed by atoms with E-state index in [0.29, 0.717) is 12.6 Å². The Morgan fingerprint density at radius 3 is 2.69 bits per heavy atom. The number of nitrogens with zero attached hydrogens (tertiary/aromatic N) is 3. The summed E-state index contributed by atoms with van der Waals surface area (Å²) in [4.78, 5) is 6.93. The van der Waals surface area contributed by atoms with Crippen LogP contribution in [0.15, 0.2) is 30.5 Å². The molecule has 0 amide bonds. The van der Waals surface area contributed by atoms with Gasteiger partial charge in [-0.15, -0.1) is 0 Å². The van der Waals surface area contributed by atoms with Gasteiger partial charge in [-0.1, -0.05) is 25.3 Å². The SMILES string of the molecule is COCCN1C(=S)N[C@H](c2ccccn2)[C@@H]1c1cc(C)n(C2CCCCC2)c1C. The van der Waals surface area contributed by atoms with Crippen molar-refractivity contribution in [1.82, 2.24) is 19.8 Å². The zero-order valence-corrected chi connectivity index (χ0v) is 18.5. The van der Waals surface area contributed by atoms with Gasteiger partial charge in [-0.3, -0.25) is 4.98 Å². The summed E-state index contributed by atoms with van der Waals surface area (Å²) in [6.07, 6.45) is 8.48. The van der Waals surface area contributed by atoms with Gasteiger partial charge in [0.2, 0.25) is 0 Å². The van der Waals surface area contributed by atoms with Crippen LogP contribution in [0.4, 0.5) is 0 Å². The fourth-order valence-electron chi connectivity index (χ4n) is 5.18. The Labute approximate surface area is 179 Å². The predicted octanol–water partition coefficient (Wildman–Crippen LogP) is 4.62. The van der Waals surface area contributed by atoms with Crippen molar-refractivity contribution in [3.63, 3.8) is 0 Å². The van der Waals surface area contributed by atoms with E-state index in [1.807, 2.05) is 18.3 Å². The molecule has 1 aliphatic carbocycles. The minimum atomic E-state index is 0.0425. The van der Waals surface area contributed by atoms with Crippen LogP contribution in [0.1, 0.15) is 72.9 Å². The maximum Gasteiger partial charge on any atom is 0.170 e. The zero-order chi connectivity index (χ0) is 20.4. The molecular weight excluding hydrogens is 380 g/mol. The van der Waals surface area contributed by atoms with Crippen LogP contribution in [0.25, 0.3) is 0 Å². The smallest absolute Gasteiger partial charge is 0.170 e. The fraction of sp³-hybridized carbons (Fsp3) is 0.565. The number of rotatable bonds is 6. The lowest BCUT2D eigenvalue weighted by Crippen LogP contribution is -2.32. The molecule has 1 aliphatic heterocycles. The number of ether oxygens (including phenoxy) is 1.